The number of hydrogen-bond donors (Lipinski definition) is 2. The Morgan fingerprint density at radius 3 is 2.90 bits per heavy atom. The van der Waals surface area contributed by atoms with Gasteiger partial charge in [-0.1, -0.05) is 18.6 Å². The number of rotatable bonds is 4. The molecule has 2 fully saturated rings. The summed E-state index contributed by atoms with van der Waals surface area (Å²) in [6.07, 6.45) is 5.45. The second kappa shape index (κ2) is 5.57. The third kappa shape index (κ3) is 2.59. The Morgan fingerprint density at radius 2 is 2.25 bits per heavy atom. The van der Waals surface area contributed by atoms with E-state index in [0.717, 1.165) is 23.0 Å². The van der Waals surface area contributed by atoms with E-state index in [1.165, 1.54) is 25.7 Å². The standard InChI is InChI=1S/C17H24N2O/c1-11(16-9-12-5-6-14(16)7-12)19-17(20)15-4-2-3-13(8-15)10-18/h2-4,8,11-12,14,16H,5-7,9-10,18H2,1H3,(H,19,20). The van der Waals surface area contributed by atoms with Crippen molar-refractivity contribution in [2.75, 3.05) is 0 Å². The molecule has 0 spiro atoms. The van der Waals surface area contributed by atoms with Crippen LogP contribution in [0, 0.1) is 17.8 Å². The Balaban J connectivity index is 1.63. The summed E-state index contributed by atoms with van der Waals surface area (Å²) in [4.78, 5) is 12.3. The molecule has 3 heteroatoms. The Morgan fingerprint density at radius 1 is 1.40 bits per heavy atom. The van der Waals surface area contributed by atoms with Crippen LogP contribution in [0.2, 0.25) is 0 Å². The molecule has 4 unspecified atom stereocenters. The molecule has 3 N–H and O–H groups in total. The van der Waals surface area contributed by atoms with Crippen LogP contribution in [0.3, 0.4) is 0 Å². The van der Waals surface area contributed by atoms with Crippen LogP contribution < -0.4 is 11.1 Å². The molecule has 0 aromatic heterocycles. The fraction of sp³-hybridized carbons (Fsp3) is 0.588. The van der Waals surface area contributed by atoms with E-state index in [4.69, 9.17) is 5.73 Å². The Kier molecular flexibility index (Phi) is 3.79. The summed E-state index contributed by atoms with van der Waals surface area (Å²) in [6.45, 7) is 2.64. The maximum absolute atomic E-state index is 12.3. The summed E-state index contributed by atoms with van der Waals surface area (Å²) in [5.41, 5.74) is 7.36. The van der Waals surface area contributed by atoms with E-state index in [0.29, 0.717) is 12.5 Å². The number of hydrogen-bond acceptors (Lipinski definition) is 2. The van der Waals surface area contributed by atoms with Gasteiger partial charge in [0.15, 0.2) is 0 Å². The van der Waals surface area contributed by atoms with Crippen molar-refractivity contribution in [1.82, 2.24) is 5.32 Å². The van der Waals surface area contributed by atoms with Crippen molar-refractivity contribution in [3.8, 4) is 0 Å². The van der Waals surface area contributed by atoms with Crippen LogP contribution in [0.1, 0.15) is 48.5 Å². The highest BCUT2D eigenvalue weighted by Gasteiger charge is 2.42. The minimum absolute atomic E-state index is 0.0376. The van der Waals surface area contributed by atoms with Crippen molar-refractivity contribution in [3.63, 3.8) is 0 Å². The fourth-order valence-corrected chi connectivity index (χ4v) is 4.14. The Labute approximate surface area is 120 Å². The van der Waals surface area contributed by atoms with E-state index >= 15 is 0 Å². The molecule has 108 valence electrons. The van der Waals surface area contributed by atoms with Crippen LogP contribution >= 0.6 is 0 Å². The van der Waals surface area contributed by atoms with Crippen LogP contribution in [0.25, 0.3) is 0 Å². The summed E-state index contributed by atoms with van der Waals surface area (Å²) >= 11 is 0. The van der Waals surface area contributed by atoms with Crippen molar-refractivity contribution >= 4 is 5.91 Å². The Hall–Kier alpha value is -1.35. The first-order valence-electron chi connectivity index (χ1n) is 7.77. The van der Waals surface area contributed by atoms with E-state index in [-0.39, 0.29) is 11.9 Å². The predicted molar refractivity (Wildman–Crippen MR) is 80.2 cm³/mol. The molecule has 2 aliphatic carbocycles. The summed E-state index contributed by atoms with van der Waals surface area (Å²) < 4.78 is 0. The lowest BCUT2D eigenvalue weighted by atomic mass is 9.84. The molecule has 20 heavy (non-hydrogen) atoms. The van der Waals surface area contributed by atoms with Crippen molar-refractivity contribution in [3.05, 3.63) is 35.4 Å². The lowest BCUT2D eigenvalue weighted by molar-refractivity contribution is 0.0915. The largest absolute Gasteiger partial charge is 0.349 e. The molecule has 2 saturated carbocycles. The van der Waals surface area contributed by atoms with Crippen LogP contribution in [0.5, 0.6) is 0 Å². The normalized spacial score (nSPS) is 29.4. The fourth-order valence-electron chi connectivity index (χ4n) is 4.14. The van der Waals surface area contributed by atoms with Crippen molar-refractivity contribution in [2.45, 2.75) is 45.2 Å². The SMILES string of the molecule is CC(NC(=O)c1cccc(CN)c1)C1CC2CCC1C2. The number of carbonyl (C=O) groups excluding carboxylic acids is 1. The van der Waals surface area contributed by atoms with Gasteiger partial charge in [0.05, 0.1) is 0 Å². The zero-order valence-electron chi connectivity index (χ0n) is 12.1. The van der Waals surface area contributed by atoms with Gasteiger partial charge >= 0.3 is 0 Å². The third-order valence-electron chi connectivity index (χ3n) is 5.22. The highest BCUT2D eigenvalue weighted by molar-refractivity contribution is 5.94. The third-order valence-corrected chi connectivity index (χ3v) is 5.22. The van der Waals surface area contributed by atoms with Crippen LogP contribution in [-0.4, -0.2) is 11.9 Å². The van der Waals surface area contributed by atoms with Crippen molar-refractivity contribution < 1.29 is 4.79 Å². The first-order valence-corrected chi connectivity index (χ1v) is 7.77. The molecule has 3 nitrogen and oxygen atoms in total. The maximum Gasteiger partial charge on any atom is 0.251 e. The molecule has 0 heterocycles. The van der Waals surface area contributed by atoms with E-state index in [9.17, 15) is 4.79 Å². The first kappa shape index (κ1) is 13.6. The smallest absolute Gasteiger partial charge is 0.251 e. The monoisotopic (exact) mass is 272 g/mol. The Bertz CT molecular complexity index is 500. The van der Waals surface area contributed by atoms with E-state index in [2.05, 4.69) is 12.2 Å². The molecular weight excluding hydrogens is 248 g/mol. The van der Waals surface area contributed by atoms with Gasteiger partial charge in [0.1, 0.15) is 0 Å². The van der Waals surface area contributed by atoms with Crippen LogP contribution in [-0.2, 0) is 6.54 Å². The van der Waals surface area contributed by atoms with E-state index in [1.54, 1.807) is 0 Å². The van der Waals surface area contributed by atoms with Crippen molar-refractivity contribution in [2.24, 2.45) is 23.5 Å². The molecule has 0 aliphatic heterocycles. The number of amides is 1. The molecular formula is C17H24N2O. The summed E-state index contributed by atoms with van der Waals surface area (Å²) in [7, 11) is 0. The van der Waals surface area contributed by atoms with Gasteiger partial charge in [-0.05, 0) is 61.6 Å². The lowest BCUT2D eigenvalue weighted by Gasteiger charge is -2.28. The number of benzene rings is 1. The van der Waals surface area contributed by atoms with Gasteiger partial charge in [0.25, 0.3) is 5.91 Å². The average molecular weight is 272 g/mol. The quantitative estimate of drug-likeness (QED) is 0.885. The summed E-state index contributed by atoms with van der Waals surface area (Å²) in [6, 6.07) is 7.89. The van der Waals surface area contributed by atoms with Crippen LogP contribution in [0.15, 0.2) is 24.3 Å². The molecule has 0 radical (unpaired) electrons. The number of nitrogens with one attached hydrogen (secondary N) is 1. The van der Waals surface area contributed by atoms with Gasteiger partial charge in [0, 0.05) is 18.2 Å². The number of nitrogens with two attached hydrogens (primary N) is 1. The molecule has 1 aromatic rings. The van der Waals surface area contributed by atoms with Gasteiger partial charge < -0.3 is 11.1 Å². The second-order valence-corrected chi connectivity index (χ2v) is 6.51. The molecule has 1 amide bonds. The van der Waals surface area contributed by atoms with E-state index < -0.39 is 0 Å². The molecule has 4 atom stereocenters. The van der Waals surface area contributed by atoms with Crippen molar-refractivity contribution in [1.29, 1.82) is 0 Å². The maximum atomic E-state index is 12.3. The highest BCUT2D eigenvalue weighted by Crippen LogP contribution is 2.49. The lowest BCUT2D eigenvalue weighted by Crippen LogP contribution is -2.40. The van der Waals surface area contributed by atoms with E-state index in [1.807, 2.05) is 24.3 Å². The topological polar surface area (TPSA) is 55.1 Å². The number of carbonyl (C=O) groups is 1. The minimum atomic E-state index is 0.0376. The number of fused-ring (bicyclic) bond motifs is 2. The molecule has 2 bridgehead atoms. The zero-order chi connectivity index (χ0) is 14.1. The highest BCUT2D eigenvalue weighted by atomic mass is 16.1. The summed E-state index contributed by atoms with van der Waals surface area (Å²) in [5, 5.41) is 3.19. The predicted octanol–water partition coefficient (Wildman–Crippen LogP) is 2.70. The molecule has 1 aromatic carbocycles. The van der Waals surface area contributed by atoms with Gasteiger partial charge in [0.2, 0.25) is 0 Å². The van der Waals surface area contributed by atoms with Gasteiger partial charge in [-0.25, -0.2) is 0 Å². The molecule has 3 rings (SSSR count). The van der Waals surface area contributed by atoms with Gasteiger partial charge in [-0.2, -0.15) is 0 Å². The van der Waals surface area contributed by atoms with Gasteiger partial charge in [-0.3, -0.25) is 4.79 Å². The average Bonchev–Trinajstić information content (AvgIpc) is 3.10. The second-order valence-electron chi connectivity index (χ2n) is 6.51. The zero-order valence-corrected chi connectivity index (χ0v) is 12.1. The van der Waals surface area contributed by atoms with Crippen LogP contribution in [0.4, 0.5) is 0 Å². The molecule has 2 aliphatic rings. The molecule has 0 saturated heterocycles. The minimum Gasteiger partial charge on any atom is -0.349 e. The summed E-state index contributed by atoms with van der Waals surface area (Å²) in [5.74, 6) is 2.47. The first-order chi connectivity index (χ1) is 9.67. The van der Waals surface area contributed by atoms with Gasteiger partial charge in [-0.15, -0.1) is 0 Å².